The minimum Gasteiger partial charge on any atom is -0.497 e. The number of methoxy groups -OCH3 is 1. The number of amides is 3. The molecule has 3 rings (SSSR count). The molecule has 1 aliphatic heterocycles. The zero-order chi connectivity index (χ0) is 18.0. The second-order valence-corrected chi connectivity index (χ2v) is 6.66. The second-order valence-electron chi connectivity index (χ2n) is 5.71. The zero-order valence-corrected chi connectivity index (χ0v) is 14.8. The zero-order valence-electron chi connectivity index (χ0n) is 13.9. The molecule has 2 heterocycles. The number of urea groups is 1. The Hall–Kier alpha value is -2.67. The average molecular weight is 358 g/mol. The van der Waals surface area contributed by atoms with E-state index in [0.717, 1.165) is 4.90 Å². The molecule has 0 saturated carbocycles. The van der Waals surface area contributed by atoms with Gasteiger partial charge in [0.05, 0.1) is 18.5 Å². The number of carbonyl (C=O) groups excluding carboxylic acids is 3. The van der Waals surface area contributed by atoms with E-state index in [1.165, 1.54) is 11.3 Å². The average Bonchev–Trinajstić information content (AvgIpc) is 3.25. The van der Waals surface area contributed by atoms with Crippen LogP contribution in [0.2, 0.25) is 0 Å². The number of imide groups is 1. The summed E-state index contributed by atoms with van der Waals surface area (Å²) in [7, 11) is 1.56. The van der Waals surface area contributed by atoms with E-state index in [1.807, 2.05) is 6.92 Å². The number of thiophene rings is 1. The van der Waals surface area contributed by atoms with Gasteiger partial charge in [0.25, 0.3) is 5.91 Å². The molecule has 25 heavy (non-hydrogen) atoms. The fourth-order valence-corrected chi connectivity index (χ4v) is 3.60. The van der Waals surface area contributed by atoms with Crippen LogP contribution in [0.15, 0.2) is 41.8 Å². The SMILES string of the molecule is CC[C@]1(c2ccc(OC)cc2)NC(=O)N(CC(=O)c2cccs2)C1=O. The first-order chi connectivity index (χ1) is 12.0. The summed E-state index contributed by atoms with van der Waals surface area (Å²) in [5, 5.41) is 4.55. The predicted molar refractivity (Wildman–Crippen MR) is 93.9 cm³/mol. The molecule has 3 amide bonds. The summed E-state index contributed by atoms with van der Waals surface area (Å²) in [6.07, 6.45) is 0.383. The fraction of sp³-hybridized carbons (Fsp3) is 0.278. The van der Waals surface area contributed by atoms with E-state index in [2.05, 4.69) is 5.32 Å². The molecule has 2 aromatic rings. The maximum absolute atomic E-state index is 13.0. The van der Waals surface area contributed by atoms with Crippen molar-refractivity contribution in [3.63, 3.8) is 0 Å². The number of nitrogens with one attached hydrogen (secondary N) is 1. The minimum absolute atomic E-state index is 0.250. The first-order valence-electron chi connectivity index (χ1n) is 7.87. The Bertz CT molecular complexity index is 801. The largest absolute Gasteiger partial charge is 0.497 e. The van der Waals surface area contributed by atoms with Crippen LogP contribution in [0, 0.1) is 0 Å². The molecule has 1 aliphatic rings. The predicted octanol–water partition coefficient (Wildman–Crippen LogP) is 2.80. The van der Waals surface area contributed by atoms with Crippen LogP contribution in [0.3, 0.4) is 0 Å². The maximum atomic E-state index is 13.0. The molecule has 1 aromatic heterocycles. The third kappa shape index (κ3) is 2.91. The van der Waals surface area contributed by atoms with Crippen LogP contribution in [0.25, 0.3) is 0 Å². The second kappa shape index (κ2) is 6.68. The van der Waals surface area contributed by atoms with Gasteiger partial charge in [0.2, 0.25) is 0 Å². The highest BCUT2D eigenvalue weighted by molar-refractivity contribution is 7.12. The van der Waals surface area contributed by atoms with E-state index in [9.17, 15) is 14.4 Å². The number of rotatable bonds is 6. The van der Waals surface area contributed by atoms with E-state index >= 15 is 0 Å². The normalized spacial score (nSPS) is 19.8. The topological polar surface area (TPSA) is 75.7 Å². The summed E-state index contributed by atoms with van der Waals surface area (Å²) < 4.78 is 5.14. The lowest BCUT2D eigenvalue weighted by Gasteiger charge is -2.25. The number of Topliss-reactive ketones (excluding diaryl/α,β-unsaturated/α-hetero) is 1. The lowest BCUT2D eigenvalue weighted by atomic mass is 9.87. The van der Waals surface area contributed by atoms with Gasteiger partial charge in [-0.05, 0) is 35.6 Å². The number of carbonyl (C=O) groups is 3. The van der Waals surface area contributed by atoms with Crippen LogP contribution in [0.1, 0.15) is 28.6 Å². The Kier molecular flexibility index (Phi) is 4.59. The molecule has 1 fully saturated rings. The van der Waals surface area contributed by atoms with E-state index in [0.29, 0.717) is 22.6 Å². The monoisotopic (exact) mass is 358 g/mol. The van der Waals surface area contributed by atoms with Gasteiger partial charge in [0.15, 0.2) is 5.78 Å². The van der Waals surface area contributed by atoms with Gasteiger partial charge in [0.1, 0.15) is 11.3 Å². The number of ether oxygens (including phenoxy) is 1. The Morgan fingerprint density at radius 3 is 2.52 bits per heavy atom. The number of hydrogen-bond acceptors (Lipinski definition) is 5. The molecule has 0 bridgehead atoms. The molecule has 7 heteroatoms. The molecule has 130 valence electrons. The molecule has 0 unspecified atom stereocenters. The van der Waals surface area contributed by atoms with Crippen LogP contribution < -0.4 is 10.1 Å². The van der Waals surface area contributed by atoms with Gasteiger partial charge >= 0.3 is 6.03 Å². The molecular weight excluding hydrogens is 340 g/mol. The highest BCUT2D eigenvalue weighted by Gasteiger charge is 2.51. The highest BCUT2D eigenvalue weighted by Crippen LogP contribution is 2.33. The van der Waals surface area contributed by atoms with E-state index in [-0.39, 0.29) is 12.3 Å². The summed E-state index contributed by atoms with van der Waals surface area (Å²) in [6.45, 7) is 1.57. The number of hydrogen-bond donors (Lipinski definition) is 1. The van der Waals surface area contributed by atoms with Crippen LogP contribution in [-0.2, 0) is 10.3 Å². The third-order valence-electron chi connectivity index (χ3n) is 4.39. The van der Waals surface area contributed by atoms with Crippen LogP contribution >= 0.6 is 11.3 Å². The van der Waals surface area contributed by atoms with Crippen molar-refractivity contribution in [3.05, 3.63) is 52.2 Å². The summed E-state index contributed by atoms with van der Waals surface area (Å²) >= 11 is 1.29. The van der Waals surface area contributed by atoms with Crippen molar-refractivity contribution >= 4 is 29.1 Å². The van der Waals surface area contributed by atoms with Crippen molar-refractivity contribution < 1.29 is 19.1 Å². The Morgan fingerprint density at radius 2 is 1.96 bits per heavy atom. The summed E-state index contributed by atoms with van der Waals surface area (Å²) in [6, 6.07) is 9.89. The molecule has 1 atom stereocenters. The summed E-state index contributed by atoms with van der Waals surface area (Å²) in [4.78, 5) is 39.2. The Balaban J connectivity index is 1.88. The molecule has 1 N–H and O–H groups in total. The number of nitrogens with zero attached hydrogens (tertiary/aromatic N) is 1. The van der Waals surface area contributed by atoms with Gasteiger partial charge in [-0.25, -0.2) is 4.79 Å². The lowest BCUT2D eigenvalue weighted by molar-refractivity contribution is -0.131. The van der Waals surface area contributed by atoms with Crippen molar-refractivity contribution in [3.8, 4) is 5.75 Å². The highest BCUT2D eigenvalue weighted by atomic mass is 32.1. The standard InChI is InChI=1S/C18H18N2O4S/c1-3-18(12-6-8-13(24-2)9-7-12)16(22)20(17(23)19-18)11-14(21)15-5-4-10-25-15/h4-10H,3,11H2,1-2H3,(H,19,23)/t18-/m1/s1. The van der Waals surface area contributed by atoms with Gasteiger partial charge in [0, 0.05) is 0 Å². The summed E-state index contributed by atoms with van der Waals surface area (Å²) in [5.74, 6) is 0.00621. The van der Waals surface area contributed by atoms with Crippen molar-refractivity contribution in [2.24, 2.45) is 0 Å². The minimum atomic E-state index is -1.15. The Labute approximate surface area is 149 Å². The van der Waals surface area contributed by atoms with Crippen molar-refractivity contribution in [1.82, 2.24) is 10.2 Å². The fourth-order valence-electron chi connectivity index (χ4n) is 2.94. The van der Waals surface area contributed by atoms with E-state index in [1.54, 1.807) is 48.9 Å². The van der Waals surface area contributed by atoms with Crippen molar-refractivity contribution in [2.75, 3.05) is 13.7 Å². The van der Waals surface area contributed by atoms with Crippen molar-refractivity contribution in [1.29, 1.82) is 0 Å². The van der Waals surface area contributed by atoms with Gasteiger partial charge in [-0.1, -0.05) is 25.1 Å². The Morgan fingerprint density at radius 1 is 1.24 bits per heavy atom. The first kappa shape index (κ1) is 17.2. The quantitative estimate of drug-likeness (QED) is 0.636. The van der Waals surface area contributed by atoms with Gasteiger partial charge in [-0.3, -0.25) is 14.5 Å². The van der Waals surface area contributed by atoms with Crippen LogP contribution in [0.4, 0.5) is 4.79 Å². The smallest absolute Gasteiger partial charge is 0.325 e. The van der Waals surface area contributed by atoms with Gasteiger partial charge < -0.3 is 10.1 Å². The first-order valence-corrected chi connectivity index (χ1v) is 8.75. The van der Waals surface area contributed by atoms with E-state index in [4.69, 9.17) is 4.74 Å². The van der Waals surface area contributed by atoms with Crippen molar-refractivity contribution in [2.45, 2.75) is 18.9 Å². The molecular formula is C18H18N2O4S. The molecule has 1 saturated heterocycles. The number of ketones is 1. The molecule has 0 spiro atoms. The lowest BCUT2D eigenvalue weighted by Crippen LogP contribution is -2.43. The molecule has 0 aliphatic carbocycles. The molecule has 6 nitrogen and oxygen atoms in total. The van der Waals surface area contributed by atoms with E-state index < -0.39 is 17.5 Å². The van der Waals surface area contributed by atoms with Gasteiger partial charge in [-0.15, -0.1) is 11.3 Å². The van der Waals surface area contributed by atoms with Crippen LogP contribution in [-0.4, -0.2) is 36.3 Å². The van der Waals surface area contributed by atoms with Crippen LogP contribution in [0.5, 0.6) is 5.75 Å². The molecule has 0 radical (unpaired) electrons. The maximum Gasteiger partial charge on any atom is 0.325 e. The third-order valence-corrected chi connectivity index (χ3v) is 5.30. The number of benzene rings is 1. The summed E-state index contributed by atoms with van der Waals surface area (Å²) in [5.41, 5.74) is -0.487. The molecule has 1 aromatic carbocycles. The van der Waals surface area contributed by atoms with Gasteiger partial charge in [-0.2, -0.15) is 0 Å².